The number of likely N-dealkylation sites (N-methyl/N-ethyl adjacent to an activating group) is 1. The number of nitrogens with one attached hydrogen (secondary N) is 1. The van der Waals surface area contributed by atoms with Crippen LogP contribution in [0.1, 0.15) is 37.4 Å². The maximum atomic E-state index is 5.36. The van der Waals surface area contributed by atoms with E-state index < -0.39 is 0 Å². The van der Waals surface area contributed by atoms with E-state index in [1.807, 2.05) is 18.8 Å². The van der Waals surface area contributed by atoms with Gasteiger partial charge in [0.1, 0.15) is 0 Å². The summed E-state index contributed by atoms with van der Waals surface area (Å²) in [4.78, 5) is 4.50. The van der Waals surface area contributed by atoms with Gasteiger partial charge in [-0.05, 0) is 13.5 Å². The second kappa shape index (κ2) is 5.68. The number of hydrogen-bond donors (Lipinski definition) is 1. The highest BCUT2D eigenvalue weighted by atomic mass is 32.2. The molecule has 2 rings (SSSR count). The van der Waals surface area contributed by atoms with Crippen molar-refractivity contribution < 1.29 is 4.52 Å². The Labute approximate surface area is 101 Å². The monoisotopic (exact) mass is 241 g/mol. The topological polar surface area (TPSA) is 51.0 Å². The van der Waals surface area contributed by atoms with Crippen LogP contribution in [0.5, 0.6) is 0 Å². The zero-order chi connectivity index (χ0) is 11.4. The minimum absolute atomic E-state index is 0.387. The van der Waals surface area contributed by atoms with Gasteiger partial charge in [-0.1, -0.05) is 18.5 Å². The SMILES string of the molecule is CCCCc1noc(C2CSCC2NC)n1. The first kappa shape index (κ1) is 11.9. The highest BCUT2D eigenvalue weighted by Gasteiger charge is 2.32. The van der Waals surface area contributed by atoms with Crippen LogP contribution in [0.15, 0.2) is 4.52 Å². The van der Waals surface area contributed by atoms with E-state index in [4.69, 9.17) is 4.52 Å². The molecule has 1 aliphatic rings. The first-order valence-corrected chi connectivity index (χ1v) is 7.08. The highest BCUT2D eigenvalue weighted by molar-refractivity contribution is 7.99. The first-order valence-electron chi connectivity index (χ1n) is 5.92. The maximum absolute atomic E-state index is 5.36. The Morgan fingerprint density at radius 1 is 1.50 bits per heavy atom. The van der Waals surface area contributed by atoms with Crippen molar-refractivity contribution >= 4 is 11.8 Å². The molecule has 0 aromatic carbocycles. The van der Waals surface area contributed by atoms with Gasteiger partial charge in [0, 0.05) is 24.0 Å². The molecule has 90 valence electrons. The Hall–Kier alpha value is -0.550. The van der Waals surface area contributed by atoms with Gasteiger partial charge in [0.2, 0.25) is 5.89 Å². The van der Waals surface area contributed by atoms with Crippen molar-refractivity contribution in [3.05, 3.63) is 11.7 Å². The normalized spacial score (nSPS) is 25.1. The molecule has 0 radical (unpaired) electrons. The molecule has 2 unspecified atom stereocenters. The lowest BCUT2D eigenvalue weighted by atomic mass is 10.0. The van der Waals surface area contributed by atoms with E-state index in [1.165, 1.54) is 6.42 Å². The van der Waals surface area contributed by atoms with Crippen LogP contribution in [0.4, 0.5) is 0 Å². The van der Waals surface area contributed by atoms with Crippen LogP contribution >= 0.6 is 11.8 Å². The van der Waals surface area contributed by atoms with Crippen LogP contribution in [-0.2, 0) is 6.42 Å². The Bertz CT molecular complexity index is 329. The zero-order valence-corrected chi connectivity index (χ0v) is 10.7. The molecule has 0 saturated carbocycles. The predicted octanol–water partition coefficient (Wildman–Crippen LogP) is 1.83. The number of rotatable bonds is 5. The summed E-state index contributed by atoms with van der Waals surface area (Å²) in [5.74, 6) is 4.28. The van der Waals surface area contributed by atoms with Crippen molar-refractivity contribution in [2.45, 2.75) is 38.1 Å². The lowest BCUT2D eigenvalue weighted by molar-refractivity contribution is 0.340. The Morgan fingerprint density at radius 3 is 3.12 bits per heavy atom. The number of aromatic nitrogens is 2. The minimum atomic E-state index is 0.387. The number of thioether (sulfide) groups is 1. The minimum Gasteiger partial charge on any atom is -0.339 e. The quantitative estimate of drug-likeness (QED) is 0.852. The van der Waals surface area contributed by atoms with Crippen molar-refractivity contribution in [1.29, 1.82) is 0 Å². The van der Waals surface area contributed by atoms with Gasteiger partial charge in [-0.15, -0.1) is 0 Å². The molecular weight excluding hydrogens is 222 g/mol. The fraction of sp³-hybridized carbons (Fsp3) is 0.818. The van der Waals surface area contributed by atoms with Crippen LogP contribution in [0.25, 0.3) is 0 Å². The van der Waals surface area contributed by atoms with E-state index in [2.05, 4.69) is 22.4 Å². The van der Waals surface area contributed by atoms with E-state index in [9.17, 15) is 0 Å². The fourth-order valence-electron chi connectivity index (χ4n) is 1.94. The largest absolute Gasteiger partial charge is 0.339 e. The van der Waals surface area contributed by atoms with Crippen molar-refractivity contribution in [2.75, 3.05) is 18.6 Å². The van der Waals surface area contributed by atoms with Crippen LogP contribution in [0.3, 0.4) is 0 Å². The Kier molecular flexibility index (Phi) is 4.23. The van der Waals surface area contributed by atoms with Gasteiger partial charge in [-0.3, -0.25) is 0 Å². The molecule has 4 nitrogen and oxygen atoms in total. The third kappa shape index (κ3) is 2.58. The molecule has 16 heavy (non-hydrogen) atoms. The third-order valence-corrected chi connectivity index (χ3v) is 4.20. The molecular formula is C11H19N3OS. The summed E-state index contributed by atoms with van der Waals surface area (Å²) in [6.07, 6.45) is 3.24. The van der Waals surface area contributed by atoms with Gasteiger partial charge < -0.3 is 9.84 Å². The zero-order valence-electron chi connectivity index (χ0n) is 9.90. The maximum Gasteiger partial charge on any atom is 0.232 e. The fourth-order valence-corrected chi connectivity index (χ4v) is 3.35. The van der Waals surface area contributed by atoms with Gasteiger partial charge in [-0.2, -0.15) is 16.7 Å². The van der Waals surface area contributed by atoms with E-state index in [1.54, 1.807) is 0 Å². The Balaban J connectivity index is 2.00. The molecule has 1 fully saturated rings. The second-order valence-electron chi connectivity index (χ2n) is 4.19. The third-order valence-electron chi connectivity index (χ3n) is 3.01. The summed E-state index contributed by atoms with van der Waals surface area (Å²) < 4.78 is 5.36. The first-order chi connectivity index (χ1) is 7.85. The molecule has 1 aromatic heterocycles. The number of hydrogen-bond acceptors (Lipinski definition) is 5. The van der Waals surface area contributed by atoms with Gasteiger partial charge in [-0.25, -0.2) is 0 Å². The van der Waals surface area contributed by atoms with Crippen molar-refractivity contribution in [1.82, 2.24) is 15.5 Å². The van der Waals surface area contributed by atoms with E-state index in [-0.39, 0.29) is 0 Å². The summed E-state index contributed by atoms with van der Waals surface area (Å²) >= 11 is 1.95. The van der Waals surface area contributed by atoms with Crippen molar-refractivity contribution in [2.24, 2.45) is 0 Å². The molecule has 2 atom stereocenters. The smallest absolute Gasteiger partial charge is 0.232 e. The predicted molar refractivity (Wildman–Crippen MR) is 65.8 cm³/mol. The van der Waals surface area contributed by atoms with E-state index in [0.29, 0.717) is 12.0 Å². The molecule has 1 saturated heterocycles. The lowest BCUT2D eigenvalue weighted by Gasteiger charge is -2.13. The summed E-state index contributed by atoms with van der Waals surface area (Å²) in [6.45, 7) is 2.17. The molecule has 1 aromatic rings. The number of aryl methyl sites for hydroxylation is 1. The average molecular weight is 241 g/mol. The van der Waals surface area contributed by atoms with Gasteiger partial charge in [0.15, 0.2) is 5.82 Å². The van der Waals surface area contributed by atoms with E-state index in [0.717, 1.165) is 36.1 Å². The lowest BCUT2D eigenvalue weighted by Crippen LogP contribution is -2.31. The average Bonchev–Trinajstić information content (AvgIpc) is 2.94. The second-order valence-corrected chi connectivity index (χ2v) is 5.27. The molecule has 1 aliphatic heterocycles. The Morgan fingerprint density at radius 2 is 2.38 bits per heavy atom. The van der Waals surface area contributed by atoms with E-state index >= 15 is 0 Å². The summed E-state index contributed by atoms with van der Waals surface area (Å²) in [7, 11) is 2.00. The molecule has 0 spiro atoms. The van der Waals surface area contributed by atoms with Crippen molar-refractivity contribution in [3.63, 3.8) is 0 Å². The molecule has 2 heterocycles. The van der Waals surface area contributed by atoms with Crippen LogP contribution in [0.2, 0.25) is 0 Å². The number of unbranched alkanes of at least 4 members (excludes halogenated alkanes) is 1. The summed E-state index contributed by atoms with van der Waals surface area (Å²) in [6, 6.07) is 0.476. The number of nitrogens with zero attached hydrogens (tertiary/aromatic N) is 2. The summed E-state index contributed by atoms with van der Waals surface area (Å²) in [5.41, 5.74) is 0. The summed E-state index contributed by atoms with van der Waals surface area (Å²) in [5, 5.41) is 7.36. The molecule has 0 bridgehead atoms. The van der Waals surface area contributed by atoms with Gasteiger partial charge >= 0.3 is 0 Å². The van der Waals surface area contributed by atoms with Gasteiger partial charge in [0.05, 0.1) is 5.92 Å². The standard InChI is InChI=1S/C11H19N3OS/c1-3-4-5-10-13-11(15-14-10)8-6-16-7-9(8)12-2/h8-9,12H,3-7H2,1-2H3. The van der Waals surface area contributed by atoms with Gasteiger partial charge in [0.25, 0.3) is 0 Å². The van der Waals surface area contributed by atoms with Crippen LogP contribution < -0.4 is 5.32 Å². The highest BCUT2D eigenvalue weighted by Crippen LogP contribution is 2.31. The molecule has 0 aliphatic carbocycles. The molecule has 0 amide bonds. The molecule has 1 N–H and O–H groups in total. The van der Waals surface area contributed by atoms with Crippen LogP contribution in [-0.4, -0.2) is 34.7 Å². The van der Waals surface area contributed by atoms with Crippen LogP contribution in [0, 0.1) is 0 Å². The van der Waals surface area contributed by atoms with Crippen molar-refractivity contribution in [3.8, 4) is 0 Å². The molecule has 5 heteroatoms.